The van der Waals surface area contributed by atoms with E-state index in [9.17, 15) is 9.00 Å². The molecular formula is C20H19NO3S. The first-order valence-electron chi connectivity index (χ1n) is 8.34. The van der Waals surface area contributed by atoms with Crippen LogP contribution in [-0.2, 0) is 29.5 Å². The Morgan fingerprint density at radius 2 is 1.88 bits per heavy atom. The van der Waals surface area contributed by atoms with Crippen molar-refractivity contribution < 1.29 is 14.1 Å². The van der Waals surface area contributed by atoms with Gasteiger partial charge in [-0.25, -0.2) is 0 Å². The smallest absolute Gasteiger partial charge is 0.188 e. The summed E-state index contributed by atoms with van der Waals surface area (Å²) in [5.74, 6) is 1.08. The number of para-hydroxylation sites is 1. The Kier molecular flexibility index (Phi) is 4.27. The first kappa shape index (κ1) is 16.2. The number of aliphatic hydroxyl groups is 1. The summed E-state index contributed by atoms with van der Waals surface area (Å²) >= 11 is 0. The van der Waals surface area contributed by atoms with Gasteiger partial charge in [0.25, 0.3) is 0 Å². The summed E-state index contributed by atoms with van der Waals surface area (Å²) in [7, 11) is -0.775. The summed E-state index contributed by atoms with van der Waals surface area (Å²) < 4.78 is 14.3. The predicted molar refractivity (Wildman–Crippen MR) is 99.3 cm³/mol. The van der Waals surface area contributed by atoms with Crippen LogP contribution in [0.1, 0.15) is 27.2 Å². The van der Waals surface area contributed by atoms with Gasteiger partial charge in [-0.1, -0.05) is 42.5 Å². The van der Waals surface area contributed by atoms with E-state index in [2.05, 4.69) is 16.7 Å². The van der Waals surface area contributed by atoms with Crippen molar-refractivity contribution in [2.75, 3.05) is 12.4 Å². The number of fused-ring (bicyclic) bond motifs is 3. The highest BCUT2D eigenvalue weighted by Crippen LogP contribution is 2.31. The topological polar surface area (TPSA) is 59.3 Å². The van der Waals surface area contributed by atoms with Gasteiger partial charge in [0.15, 0.2) is 5.78 Å². The highest BCUT2D eigenvalue weighted by molar-refractivity contribution is 7.84. The van der Waals surface area contributed by atoms with Crippen LogP contribution in [0.4, 0.5) is 0 Å². The lowest BCUT2D eigenvalue weighted by Crippen LogP contribution is -2.16. The molecule has 4 nitrogen and oxygen atoms in total. The summed E-state index contributed by atoms with van der Waals surface area (Å²) in [5.41, 5.74) is 5.29. The number of hydrogen-bond acceptors (Lipinski definition) is 3. The van der Waals surface area contributed by atoms with Crippen molar-refractivity contribution in [1.82, 2.24) is 4.57 Å². The van der Waals surface area contributed by atoms with E-state index in [1.54, 1.807) is 12.1 Å². The van der Waals surface area contributed by atoms with Gasteiger partial charge in [0, 0.05) is 45.3 Å². The van der Waals surface area contributed by atoms with Crippen molar-refractivity contribution in [3.63, 3.8) is 0 Å². The van der Waals surface area contributed by atoms with Gasteiger partial charge in [-0.2, -0.15) is 0 Å². The number of aromatic nitrogens is 1. The van der Waals surface area contributed by atoms with Gasteiger partial charge in [0.1, 0.15) is 6.61 Å². The van der Waals surface area contributed by atoms with Gasteiger partial charge in [-0.05, 0) is 23.6 Å². The van der Waals surface area contributed by atoms with E-state index < -0.39 is 17.4 Å². The fourth-order valence-electron chi connectivity index (χ4n) is 3.57. The second kappa shape index (κ2) is 6.58. The molecule has 25 heavy (non-hydrogen) atoms. The average Bonchev–Trinajstić information content (AvgIpc) is 2.95. The summed E-state index contributed by atoms with van der Waals surface area (Å²) in [6.45, 7) is 0.252. The van der Waals surface area contributed by atoms with Crippen molar-refractivity contribution in [1.29, 1.82) is 0 Å². The molecule has 0 saturated carbocycles. The molecule has 128 valence electrons. The lowest BCUT2D eigenvalue weighted by atomic mass is 10.1. The maximum atomic E-state index is 12.0. The van der Waals surface area contributed by atoms with Crippen molar-refractivity contribution in [2.45, 2.75) is 18.7 Å². The Labute approximate surface area is 148 Å². The Morgan fingerprint density at radius 1 is 1.12 bits per heavy atom. The van der Waals surface area contributed by atoms with E-state index in [4.69, 9.17) is 5.11 Å². The molecule has 3 aromatic rings. The number of rotatable bonds is 4. The molecule has 1 atom stereocenters. The molecule has 0 radical (unpaired) electrons. The summed E-state index contributed by atoms with van der Waals surface area (Å²) in [4.78, 5) is 11.6. The summed E-state index contributed by atoms with van der Waals surface area (Å²) in [6, 6.07) is 15.7. The lowest BCUT2D eigenvalue weighted by Gasteiger charge is -2.16. The molecule has 5 heteroatoms. The van der Waals surface area contributed by atoms with Gasteiger partial charge in [-0.15, -0.1) is 0 Å². The van der Waals surface area contributed by atoms with Crippen molar-refractivity contribution >= 4 is 27.5 Å². The van der Waals surface area contributed by atoms with E-state index in [-0.39, 0.29) is 5.78 Å². The second-order valence-corrected chi connectivity index (χ2v) is 7.92. The van der Waals surface area contributed by atoms with Gasteiger partial charge in [-0.3, -0.25) is 9.00 Å². The highest BCUT2D eigenvalue weighted by Gasteiger charge is 2.23. The number of Topliss-reactive ketones (excluding diaryl/α,β-unsaturated/α-hetero) is 1. The van der Waals surface area contributed by atoms with Crippen LogP contribution < -0.4 is 0 Å². The van der Waals surface area contributed by atoms with Crippen molar-refractivity contribution in [2.24, 2.45) is 0 Å². The van der Waals surface area contributed by atoms with E-state index in [1.807, 2.05) is 24.3 Å². The number of aliphatic hydroxyl groups excluding tert-OH is 1. The monoisotopic (exact) mass is 353 g/mol. The van der Waals surface area contributed by atoms with Gasteiger partial charge in [0.2, 0.25) is 0 Å². The molecule has 0 bridgehead atoms. The minimum atomic E-state index is -0.775. The number of carbonyl (C=O) groups excluding carboxylic acids is 1. The quantitative estimate of drug-likeness (QED) is 0.734. The zero-order valence-electron chi connectivity index (χ0n) is 13.8. The van der Waals surface area contributed by atoms with Crippen LogP contribution >= 0.6 is 0 Å². The zero-order valence-corrected chi connectivity index (χ0v) is 14.6. The van der Waals surface area contributed by atoms with Crippen LogP contribution in [0.2, 0.25) is 0 Å². The standard InChI is InChI=1S/C20H19NO3S/c22-12-20(23)15-7-5-14(6-8-15)11-21-18-4-2-1-3-16(18)17-13-25(24)10-9-19(17)21/h1-8,22H,9-13H2. The van der Waals surface area contributed by atoms with Gasteiger partial charge < -0.3 is 9.67 Å². The number of carbonyl (C=O) groups is 1. The van der Waals surface area contributed by atoms with Crippen LogP contribution in [0.25, 0.3) is 10.9 Å². The molecular weight excluding hydrogens is 334 g/mol. The molecule has 1 aliphatic rings. The first-order valence-corrected chi connectivity index (χ1v) is 9.83. The van der Waals surface area contributed by atoms with Gasteiger partial charge >= 0.3 is 0 Å². The largest absolute Gasteiger partial charge is 0.388 e. The number of hydrogen-bond donors (Lipinski definition) is 1. The Bertz CT molecular complexity index is 973. The van der Waals surface area contributed by atoms with Crippen LogP contribution in [0.15, 0.2) is 48.5 Å². The molecule has 0 saturated heterocycles. The molecule has 1 unspecified atom stereocenters. The van der Waals surface area contributed by atoms with Crippen molar-refractivity contribution in [3.05, 3.63) is 70.9 Å². The molecule has 1 aliphatic heterocycles. The zero-order chi connectivity index (χ0) is 17.4. The third-order valence-electron chi connectivity index (χ3n) is 4.83. The Hall–Kier alpha value is -2.24. The predicted octanol–water partition coefficient (Wildman–Crippen LogP) is 2.67. The number of benzene rings is 2. The first-order chi connectivity index (χ1) is 12.2. The molecule has 0 fully saturated rings. The van der Waals surface area contributed by atoms with E-state index in [0.717, 1.165) is 18.5 Å². The van der Waals surface area contributed by atoms with E-state index in [0.29, 0.717) is 17.1 Å². The van der Waals surface area contributed by atoms with Crippen LogP contribution in [0, 0.1) is 0 Å². The maximum absolute atomic E-state index is 12.0. The van der Waals surface area contributed by atoms with Crippen LogP contribution in [-0.4, -0.2) is 32.0 Å². The summed E-state index contributed by atoms with van der Waals surface area (Å²) in [5, 5.41) is 10.2. The molecule has 0 aliphatic carbocycles. The molecule has 1 N–H and O–H groups in total. The SMILES string of the molecule is O=C(CO)c1ccc(Cn2c3c(c4ccccc42)CS(=O)CC3)cc1. The van der Waals surface area contributed by atoms with E-state index >= 15 is 0 Å². The fourth-order valence-corrected chi connectivity index (χ4v) is 4.78. The number of nitrogens with zero attached hydrogens (tertiary/aromatic N) is 1. The second-order valence-electron chi connectivity index (χ2n) is 6.35. The fraction of sp³-hybridized carbons (Fsp3) is 0.250. The van der Waals surface area contributed by atoms with Gasteiger partial charge in [0.05, 0.1) is 5.75 Å². The highest BCUT2D eigenvalue weighted by atomic mass is 32.2. The molecule has 4 rings (SSSR count). The maximum Gasteiger partial charge on any atom is 0.188 e. The third kappa shape index (κ3) is 2.94. The minimum absolute atomic E-state index is 0.266. The minimum Gasteiger partial charge on any atom is -0.388 e. The molecule has 2 heterocycles. The Balaban J connectivity index is 1.75. The Morgan fingerprint density at radius 3 is 2.64 bits per heavy atom. The normalized spacial score (nSPS) is 16.8. The summed E-state index contributed by atoms with van der Waals surface area (Å²) in [6.07, 6.45) is 0.831. The average molecular weight is 353 g/mol. The molecule has 1 aromatic heterocycles. The van der Waals surface area contributed by atoms with Crippen molar-refractivity contribution in [3.8, 4) is 0 Å². The lowest BCUT2D eigenvalue weighted by molar-refractivity contribution is 0.0903. The molecule has 2 aromatic carbocycles. The number of ketones is 1. The molecule has 0 spiro atoms. The van der Waals surface area contributed by atoms with E-state index in [1.165, 1.54) is 22.2 Å². The van der Waals surface area contributed by atoms with Crippen LogP contribution in [0.5, 0.6) is 0 Å². The molecule has 0 amide bonds. The third-order valence-corrected chi connectivity index (χ3v) is 6.10. The van der Waals surface area contributed by atoms with Crippen LogP contribution in [0.3, 0.4) is 0 Å².